The number of rotatable bonds is 7. The molecule has 1 aromatic rings. The average Bonchev–Trinajstić information content (AvgIpc) is 2.66. The lowest BCUT2D eigenvalue weighted by Crippen LogP contribution is -2.26. The SMILES string of the molecule is Cl.O=C(O)CCC1CCC(OCc2ccc(C3CCNCC3)cc2)CC1. The van der Waals surface area contributed by atoms with Gasteiger partial charge in [-0.15, -0.1) is 12.4 Å². The predicted octanol–water partition coefficient (Wildman–Crippen LogP) is 4.52. The molecule has 26 heavy (non-hydrogen) atoms. The Labute approximate surface area is 163 Å². The number of halogens is 1. The second-order valence-electron chi connectivity index (χ2n) is 7.65. The van der Waals surface area contributed by atoms with Crippen LogP contribution in [-0.2, 0) is 16.1 Å². The van der Waals surface area contributed by atoms with E-state index in [0.29, 0.717) is 31.0 Å². The zero-order valence-electron chi connectivity index (χ0n) is 15.5. The lowest BCUT2D eigenvalue weighted by atomic mass is 9.84. The fourth-order valence-electron chi connectivity index (χ4n) is 4.17. The third kappa shape index (κ3) is 6.57. The first-order chi connectivity index (χ1) is 12.2. The van der Waals surface area contributed by atoms with Crippen molar-refractivity contribution >= 4 is 18.4 Å². The largest absolute Gasteiger partial charge is 0.481 e. The number of benzene rings is 1. The summed E-state index contributed by atoms with van der Waals surface area (Å²) in [5.41, 5.74) is 2.72. The number of nitrogens with one attached hydrogen (secondary N) is 1. The van der Waals surface area contributed by atoms with Crippen LogP contribution in [-0.4, -0.2) is 30.3 Å². The van der Waals surface area contributed by atoms with Gasteiger partial charge in [-0.2, -0.15) is 0 Å². The smallest absolute Gasteiger partial charge is 0.303 e. The minimum absolute atomic E-state index is 0. The molecule has 0 bridgehead atoms. The van der Waals surface area contributed by atoms with Gasteiger partial charge < -0.3 is 15.2 Å². The minimum Gasteiger partial charge on any atom is -0.481 e. The summed E-state index contributed by atoms with van der Waals surface area (Å²) in [5, 5.41) is 12.2. The molecule has 2 N–H and O–H groups in total. The van der Waals surface area contributed by atoms with E-state index in [2.05, 4.69) is 29.6 Å². The van der Waals surface area contributed by atoms with E-state index in [1.54, 1.807) is 0 Å². The van der Waals surface area contributed by atoms with Crippen LogP contribution >= 0.6 is 12.4 Å². The Morgan fingerprint density at radius 2 is 1.69 bits per heavy atom. The Morgan fingerprint density at radius 3 is 2.31 bits per heavy atom. The molecule has 1 saturated carbocycles. The fourth-order valence-corrected chi connectivity index (χ4v) is 4.17. The molecule has 0 spiro atoms. The van der Waals surface area contributed by atoms with Gasteiger partial charge in [0.15, 0.2) is 0 Å². The molecule has 1 aliphatic carbocycles. The molecule has 2 aliphatic rings. The van der Waals surface area contributed by atoms with Crippen molar-refractivity contribution in [1.82, 2.24) is 5.32 Å². The van der Waals surface area contributed by atoms with Gasteiger partial charge >= 0.3 is 5.97 Å². The maximum Gasteiger partial charge on any atom is 0.303 e. The number of ether oxygens (including phenoxy) is 1. The van der Waals surface area contributed by atoms with Gasteiger partial charge in [-0.3, -0.25) is 4.79 Å². The molecule has 0 aromatic heterocycles. The van der Waals surface area contributed by atoms with E-state index in [1.165, 1.54) is 24.0 Å². The van der Waals surface area contributed by atoms with Gasteiger partial charge in [-0.25, -0.2) is 0 Å². The van der Waals surface area contributed by atoms with E-state index in [9.17, 15) is 4.79 Å². The molecule has 1 heterocycles. The minimum atomic E-state index is -0.675. The summed E-state index contributed by atoms with van der Waals surface area (Å²) < 4.78 is 6.10. The molecule has 5 heteroatoms. The van der Waals surface area contributed by atoms with Crippen LogP contribution in [0.1, 0.15) is 68.4 Å². The maximum absolute atomic E-state index is 10.7. The predicted molar refractivity (Wildman–Crippen MR) is 106 cm³/mol. The zero-order valence-corrected chi connectivity index (χ0v) is 16.3. The van der Waals surface area contributed by atoms with Gasteiger partial charge in [-0.05, 0) is 81.0 Å². The zero-order chi connectivity index (χ0) is 17.5. The van der Waals surface area contributed by atoms with E-state index >= 15 is 0 Å². The molecule has 0 radical (unpaired) electrons. The molecular formula is C21H32ClNO3. The molecule has 3 rings (SSSR count). The quantitative estimate of drug-likeness (QED) is 0.729. The van der Waals surface area contributed by atoms with Crippen molar-refractivity contribution in [2.45, 2.75) is 70.0 Å². The van der Waals surface area contributed by atoms with E-state index in [1.807, 2.05) is 0 Å². The van der Waals surface area contributed by atoms with Crippen molar-refractivity contribution in [3.8, 4) is 0 Å². The van der Waals surface area contributed by atoms with Gasteiger partial charge in [0, 0.05) is 6.42 Å². The van der Waals surface area contributed by atoms with Crippen molar-refractivity contribution < 1.29 is 14.6 Å². The number of piperidine rings is 1. The molecule has 1 saturated heterocycles. The Balaban J connectivity index is 0.00000243. The number of hydrogen-bond acceptors (Lipinski definition) is 3. The third-order valence-corrected chi connectivity index (χ3v) is 5.84. The van der Waals surface area contributed by atoms with Crippen LogP contribution in [0.15, 0.2) is 24.3 Å². The van der Waals surface area contributed by atoms with Crippen molar-refractivity contribution in [2.24, 2.45) is 5.92 Å². The summed E-state index contributed by atoms with van der Waals surface area (Å²) in [7, 11) is 0. The van der Waals surface area contributed by atoms with E-state index in [0.717, 1.165) is 45.2 Å². The second kappa shape index (κ2) is 10.9. The number of hydrogen-bond donors (Lipinski definition) is 2. The maximum atomic E-state index is 10.7. The number of carboxylic acid groups (broad SMARTS) is 1. The first-order valence-corrected chi connectivity index (χ1v) is 9.83. The van der Waals surface area contributed by atoms with Gasteiger partial charge in [0.25, 0.3) is 0 Å². The normalized spacial score (nSPS) is 24.0. The monoisotopic (exact) mass is 381 g/mol. The van der Waals surface area contributed by atoms with E-state index in [4.69, 9.17) is 9.84 Å². The summed E-state index contributed by atoms with van der Waals surface area (Å²) in [6.45, 7) is 2.95. The Morgan fingerprint density at radius 1 is 1.04 bits per heavy atom. The Bertz CT molecular complexity index is 535. The van der Waals surface area contributed by atoms with E-state index < -0.39 is 5.97 Å². The number of carbonyl (C=O) groups is 1. The summed E-state index contributed by atoms with van der Waals surface area (Å²) in [4.78, 5) is 10.7. The van der Waals surface area contributed by atoms with Crippen LogP contribution in [0.25, 0.3) is 0 Å². The van der Waals surface area contributed by atoms with Crippen LogP contribution in [0.2, 0.25) is 0 Å². The first kappa shape index (κ1) is 21.2. The van der Waals surface area contributed by atoms with Crippen LogP contribution in [0, 0.1) is 5.92 Å². The van der Waals surface area contributed by atoms with E-state index in [-0.39, 0.29) is 12.4 Å². The summed E-state index contributed by atoms with van der Waals surface area (Å²) in [6, 6.07) is 8.99. The second-order valence-corrected chi connectivity index (χ2v) is 7.65. The lowest BCUT2D eigenvalue weighted by Gasteiger charge is -2.28. The molecule has 1 aromatic carbocycles. The van der Waals surface area contributed by atoms with Gasteiger partial charge in [-0.1, -0.05) is 24.3 Å². The van der Waals surface area contributed by atoms with Crippen LogP contribution in [0.5, 0.6) is 0 Å². The highest BCUT2D eigenvalue weighted by molar-refractivity contribution is 5.85. The third-order valence-electron chi connectivity index (χ3n) is 5.84. The number of aliphatic carboxylic acids is 1. The standard InChI is InChI=1S/C21H31NO3.ClH/c23-21(24)10-5-16-3-8-20(9-4-16)25-15-17-1-6-18(7-2-17)19-11-13-22-14-12-19;/h1-2,6-7,16,19-20,22H,3-5,8-15H2,(H,23,24);1H. The van der Waals surface area contributed by atoms with Crippen molar-refractivity contribution in [3.63, 3.8) is 0 Å². The van der Waals surface area contributed by atoms with Gasteiger partial charge in [0.2, 0.25) is 0 Å². The molecular weight excluding hydrogens is 350 g/mol. The molecule has 1 aliphatic heterocycles. The topological polar surface area (TPSA) is 58.6 Å². The molecule has 146 valence electrons. The van der Waals surface area contributed by atoms with Crippen LogP contribution < -0.4 is 5.32 Å². The first-order valence-electron chi connectivity index (χ1n) is 9.83. The average molecular weight is 382 g/mol. The van der Waals surface area contributed by atoms with Crippen molar-refractivity contribution in [3.05, 3.63) is 35.4 Å². The molecule has 0 atom stereocenters. The highest BCUT2D eigenvalue weighted by Crippen LogP contribution is 2.30. The van der Waals surface area contributed by atoms with Crippen LogP contribution in [0.3, 0.4) is 0 Å². The molecule has 2 fully saturated rings. The summed E-state index contributed by atoms with van der Waals surface area (Å²) in [5.74, 6) is 0.601. The Kier molecular flexibility index (Phi) is 8.89. The molecule has 0 unspecified atom stereocenters. The Hall–Kier alpha value is -1.10. The highest BCUT2D eigenvalue weighted by Gasteiger charge is 2.22. The van der Waals surface area contributed by atoms with Crippen molar-refractivity contribution in [1.29, 1.82) is 0 Å². The summed E-state index contributed by atoms with van der Waals surface area (Å²) >= 11 is 0. The number of carboxylic acids is 1. The van der Waals surface area contributed by atoms with Gasteiger partial charge in [0.1, 0.15) is 0 Å². The molecule has 0 amide bonds. The van der Waals surface area contributed by atoms with Crippen molar-refractivity contribution in [2.75, 3.05) is 13.1 Å². The summed E-state index contributed by atoms with van der Waals surface area (Å²) in [6.07, 6.45) is 8.28. The fraction of sp³-hybridized carbons (Fsp3) is 0.667. The highest BCUT2D eigenvalue weighted by atomic mass is 35.5. The van der Waals surface area contributed by atoms with Crippen LogP contribution in [0.4, 0.5) is 0 Å². The molecule has 4 nitrogen and oxygen atoms in total. The van der Waals surface area contributed by atoms with Gasteiger partial charge in [0.05, 0.1) is 12.7 Å². The lowest BCUT2D eigenvalue weighted by molar-refractivity contribution is -0.137.